The Balaban J connectivity index is 1.43. The van der Waals surface area contributed by atoms with Crippen molar-refractivity contribution in [1.82, 2.24) is 20.8 Å². The van der Waals surface area contributed by atoms with E-state index in [-0.39, 0.29) is 5.75 Å². The number of benzene rings is 2. The molecule has 0 radical (unpaired) electrons. The Morgan fingerprint density at radius 2 is 1.83 bits per heavy atom. The van der Waals surface area contributed by atoms with Crippen molar-refractivity contribution in [1.29, 1.82) is 0 Å². The second-order valence-corrected chi connectivity index (χ2v) is 7.90. The number of aromatic nitrogens is 2. The van der Waals surface area contributed by atoms with Gasteiger partial charge in [-0.15, -0.1) is 10.2 Å². The van der Waals surface area contributed by atoms with Gasteiger partial charge in [-0.25, -0.2) is 4.79 Å². The molecule has 0 unspecified atom stereocenters. The normalized spacial score (nSPS) is 10.2. The highest BCUT2D eigenvalue weighted by Gasteiger charge is 2.12. The topological polar surface area (TPSA) is 105 Å². The number of carbonyl (C=O) groups excluding carboxylic acids is 2. The van der Waals surface area contributed by atoms with Crippen LogP contribution < -0.4 is 20.7 Å². The van der Waals surface area contributed by atoms with Gasteiger partial charge in [-0.05, 0) is 17.7 Å². The molecule has 3 N–H and O–H groups in total. The molecule has 29 heavy (non-hydrogen) atoms. The predicted octanol–water partition coefficient (Wildman–Crippen LogP) is 3.41. The van der Waals surface area contributed by atoms with Crippen LogP contribution in [-0.4, -0.2) is 35.0 Å². The first-order valence-corrected chi connectivity index (χ1v) is 10.4. The van der Waals surface area contributed by atoms with Crippen molar-refractivity contribution >= 4 is 45.9 Å². The van der Waals surface area contributed by atoms with Crippen LogP contribution >= 0.6 is 23.1 Å². The molecule has 150 valence electrons. The summed E-state index contributed by atoms with van der Waals surface area (Å²) in [6.07, 6.45) is 0. The highest BCUT2D eigenvalue weighted by molar-refractivity contribution is 8.01. The minimum absolute atomic E-state index is 0.0576. The smallest absolute Gasteiger partial charge is 0.321 e. The third kappa shape index (κ3) is 6.47. The van der Waals surface area contributed by atoms with Crippen molar-refractivity contribution in [3.8, 4) is 5.75 Å². The standard InChI is InChI=1S/C19H19N5O3S2/c1-27-15-10-6-5-9-14(15)21-18-23-24-19(29-18)28-12-16(25)22-17(26)20-11-13-7-3-2-4-8-13/h2-10H,11-12H2,1H3,(H,21,23)(H2,20,22,25,26). The van der Waals surface area contributed by atoms with Crippen LogP contribution in [-0.2, 0) is 11.3 Å². The molecule has 3 aromatic rings. The fraction of sp³-hybridized carbons (Fsp3) is 0.158. The molecule has 0 bridgehead atoms. The molecule has 0 saturated heterocycles. The lowest BCUT2D eigenvalue weighted by molar-refractivity contribution is -0.117. The first kappa shape index (κ1) is 20.6. The highest BCUT2D eigenvalue weighted by atomic mass is 32.2. The van der Waals surface area contributed by atoms with Crippen LogP contribution in [0.5, 0.6) is 5.75 Å². The van der Waals surface area contributed by atoms with E-state index in [4.69, 9.17) is 4.74 Å². The van der Waals surface area contributed by atoms with Crippen molar-refractivity contribution < 1.29 is 14.3 Å². The van der Waals surface area contributed by atoms with Crippen LogP contribution in [0.15, 0.2) is 58.9 Å². The molecule has 2 aromatic carbocycles. The Morgan fingerprint density at radius 1 is 1.07 bits per heavy atom. The molecule has 0 atom stereocenters. The lowest BCUT2D eigenvalue weighted by atomic mass is 10.2. The number of anilines is 2. The lowest BCUT2D eigenvalue weighted by Gasteiger charge is -2.07. The van der Waals surface area contributed by atoms with E-state index in [2.05, 4.69) is 26.1 Å². The number of ether oxygens (including phenoxy) is 1. The summed E-state index contributed by atoms with van der Waals surface area (Å²) in [5, 5.41) is 16.8. The van der Waals surface area contributed by atoms with E-state index in [0.717, 1.165) is 11.3 Å². The summed E-state index contributed by atoms with van der Waals surface area (Å²) in [5.41, 5.74) is 1.73. The number of hydrogen-bond acceptors (Lipinski definition) is 8. The third-order valence-corrected chi connectivity index (χ3v) is 5.60. The van der Waals surface area contributed by atoms with E-state index in [1.165, 1.54) is 23.1 Å². The zero-order valence-corrected chi connectivity index (χ0v) is 17.2. The van der Waals surface area contributed by atoms with Gasteiger partial charge in [0.1, 0.15) is 5.75 Å². The molecule has 0 spiro atoms. The Morgan fingerprint density at radius 3 is 2.62 bits per heavy atom. The van der Waals surface area contributed by atoms with E-state index in [0.29, 0.717) is 21.8 Å². The number of hydrogen-bond donors (Lipinski definition) is 3. The summed E-state index contributed by atoms with van der Waals surface area (Å²) in [4.78, 5) is 23.8. The molecule has 0 fully saturated rings. The Labute approximate surface area is 176 Å². The van der Waals surface area contributed by atoms with Crippen molar-refractivity contribution in [2.45, 2.75) is 10.9 Å². The maximum Gasteiger partial charge on any atom is 0.321 e. The van der Waals surface area contributed by atoms with E-state index >= 15 is 0 Å². The van der Waals surface area contributed by atoms with Gasteiger partial charge in [0.15, 0.2) is 4.34 Å². The summed E-state index contributed by atoms with van der Waals surface area (Å²) in [5.74, 6) is 0.343. The molecule has 3 rings (SSSR count). The average molecular weight is 430 g/mol. The van der Waals surface area contributed by atoms with Gasteiger partial charge in [-0.3, -0.25) is 10.1 Å². The van der Waals surface area contributed by atoms with E-state index in [1.807, 2.05) is 54.6 Å². The molecular weight excluding hydrogens is 410 g/mol. The van der Waals surface area contributed by atoms with Gasteiger partial charge in [0.25, 0.3) is 0 Å². The second-order valence-electron chi connectivity index (χ2n) is 5.70. The van der Waals surface area contributed by atoms with Crippen molar-refractivity contribution in [2.75, 3.05) is 18.2 Å². The van der Waals surface area contributed by atoms with Gasteiger partial charge >= 0.3 is 6.03 Å². The Kier molecular flexibility index (Phi) is 7.42. The average Bonchev–Trinajstić information content (AvgIpc) is 3.19. The number of thioether (sulfide) groups is 1. The molecule has 0 saturated carbocycles. The molecule has 1 aromatic heterocycles. The zero-order valence-electron chi connectivity index (χ0n) is 15.5. The van der Waals surface area contributed by atoms with Crippen LogP contribution in [0.4, 0.5) is 15.6 Å². The third-order valence-electron chi connectivity index (χ3n) is 3.63. The summed E-state index contributed by atoms with van der Waals surface area (Å²) >= 11 is 2.52. The molecule has 1 heterocycles. The number of rotatable bonds is 8. The molecule has 10 heteroatoms. The predicted molar refractivity (Wildman–Crippen MR) is 114 cm³/mol. The number of carbonyl (C=O) groups is 2. The molecule has 0 aliphatic heterocycles. The number of urea groups is 1. The first-order chi connectivity index (χ1) is 14.1. The number of para-hydroxylation sites is 2. The molecule has 0 aliphatic carbocycles. The quantitative estimate of drug-likeness (QED) is 0.471. The number of imide groups is 1. The number of amides is 3. The number of nitrogens with one attached hydrogen (secondary N) is 3. The molecule has 0 aliphatic rings. The van der Waals surface area contributed by atoms with Gasteiger partial charge in [-0.2, -0.15) is 0 Å². The molecular formula is C19H19N5O3S2. The van der Waals surface area contributed by atoms with Crippen LogP contribution in [0, 0.1) is 0 Å². The number of methoxy groups -OCH3 is 1. The van der Waals surface area contributed by atoms with Crippen LogP contribution in [0.1, 0.15) is 5.56 Å². The van der Waals surface area contributed by atoms with Crippen molar-refractivity contribution in [3.63, 3.8) is 0 Å². The molecule has 3 amide bonds. The summed E-state index contributed by atoms with van der Waals surface area (Å²) < 4.78 is 5.90. The zero-order chi connectivity index (χ0) is 20.5. The summed E-state index contributed by atoms with van der Waals surface area (Å²) in [7, 11) is 1.59. The fourth-order valence-corrected chi connectivity index (χ4v) is 3.86. The lowest BCUT2D eigenvalue weighted by Crippen LogP contribution is -2.39. The van der Waals surface area contributed by atoms with Crippen LogP contribution in [0.3, 0.4) is 0 Å². The second kappa shape index (κ2) is 10.4. The monoisotopic (exact) mass is 429 g/mol. The van der Waals surface area contributed by atoms with Gasteiger partial charge in [0.05, 0.1) is 18.6 Å². The first-order valence-electron chi connectivity index (χ1n) is 8.62. The van der Waals surface area contributed by atoms with Gasteiger partial charge in [0, 0.05) is 6.54 Å². The fourth-order valence-electron chi connectivity index (χ4n) is 2.29. The minimum Gasteiger partial charge on any atom is -0.495 e. The maximum atomic E-state index is 12.0. The van der Waals surface area contributed by atoms with Crippen LogP contribution in [0.25, 0.3) is 0 Å². The summed E-state index contributed by atoms with van der Waals surface area (Å²) in [6, 6.07) is 16.4. The minimum atomic E-state index is -0.532. The number of nitrogens with zero attached hydrogens (tertiary/aromatic N) is 2. The SMILES string of the molecule is COc1ccccc1Nc1nnc(SCC(=O)NC(=O)NCc2ccccc2)s1. The largest absolute Gasteiger partial charge is 0.495 e. The highest BCUT2D eigenvalue weighted by Crippen LogP contribution is 2.31. The van der Waals surface area contributed by atoms with E-state index < -0.39 is 11.9 Å². The Bertz CT molecular complexity index is 965. The van der Waals surface area contributed by atoms with Gasteiger partial charge in [-0.1, -0.05) is 65.6 Å². The van der Waals surface area contributed by atoms with E-state index in [9.17, 15) is 9.59 Å². The van der Waals surface area contributed by atoms with Gasteiger partial charge in [0.2, 0.25) is 11.0 Å². The van der Waals surface area contributed by atoms with Crippen molar-refractivity contribution in [2.24, 2.45) is 0 Å². The summed E-state index contributed by atoms with van der Waals surface area (Å²) in [6.45, 7) is 0.349. The van der Waals surface area contributed by atoms with Crippen LogP contribution in [0.2, 0.25) is 0 Å². The molecule has 8 nitrogen and oxygen atoms in total. The van der Waals surface area contributed by atoms with Crippen molar-refractivity contribution in [3.05, 3.63) is 60.2 Å². The van der Waals surface area contributed by atoms with Gasteiger partial charge < -0.3 is 15.4 Å². The Hall–Kier alpha value is -3.11. The maximum absolute atomic E-state index is 12.0. The van der Waals surface area contributed by atoms with E-state index in [1.54, 1.807) is 7.11 Å².